The maximum Gasteiger partial charge on any atom is 0.249 e. The number of carbonyl (C=O) groups excluding carboxylic acids is 2. The first-order valence-electron chi connectivity index (χ1n) is 6.34. The zero-order valence-electron chi connectivity index (χ0n) is 11.4. The highest BCUT2D eigenvalue weighted by Gasteiger charge is 2.33. The summed E-state index contributed by atoms with van der Waals surface area (Å²) < 4.78 is 5.58. The monoisotopic (exact) mass is 257 g/mol. The van der Waals surface area contributed by atoms with Crippen LogP contribution in [0.2, 0.25) is 0 Å². The third-order valence-electron chi connectivity index (χ3n) is 3.00. The number of hydrogen-bond donors (Lipinski definition) is 2. The highest BCUT2D eigenvalue weighted by atomic mass is 16.5. The number of hydrogen-bond acceptors (Lipinski definition) is 4. The van der Waals surface area contributed by atoms with Crippen molar-refractivity contribution in [2.75, 3.05) is 39.8 Å². The molecule has 18 heavy (non-hydrogen) atoms. The lowest BCUT2D eigenvalue weighted by atomic mass is 10.0. The smallest absolute Gasteiger partial charge is 0.249 e. The lowest BCUT2D eigenvalue weighted by Gasteiger charge is -2.39. The fraction of sp³-hybridized carbons (Fsp3) is 0.833. The van der Waals surface area contributed by atoms with Gasteiger partial charge in [-0.05, 0) is 13.3 Å². The molecule has 1 rings (SSSR count). The first-order chi connectivity index (χ1) is 8.50. The van der Waals surface area contributed by atoms with Crippen LogP contribution in [-0.4, -0.2) is 62.1 Å². The maximum atomic E-state index is 12.0. The van der Waals surface area contributed by atoms with Gasteiger partial charge in [-0.1, -0.05) is 6.92 Å². The molecule has 0 aromatic carbocycles. The molecule has 0 radical (unpaired) electrons. The molecule has 6 nitrogen and oxygen atoms in total. The highest BCUT2D eigenvalue weighted by Crippen LogP contribution is 2.15. The number of ether oxygens (including phenoxy) is 1. The summed E-state index contributed by atoms with van der Waals surface area (Å²) in [6.07, 6.45) is 0.821. The van der Waals surface area contributed by atoms with E-state index in [1.807, 2.05) is 13.8 Å². The van der Waals surface area contributed by atoms with E-state index >= 15 is 0 Å². The lowest BCUT2D eigenvalue weighted by molar-refractivity contribution is -0.148. The predicted octanol–water partition coefficient (Wildman–Crippen LogP) is -0.650. The van der Waals surface area contributed by atoms with Crippen molar-refractivity contribution in [1.29, 1.82) is 0 Å². The van der Waals surface area contributed by atoms with Crippen LogP contribution in [0.25, 0.3) is 0 Å². The van der Waals surface area contributed by atoms with E-state index < -0.39 is 0 Å². The molecular weight excluding hydrogens is 234 g/mol. The second-order valence-electron chi connectivity index (χ2n) is 4.83. The maximum absolute atomic E-state index is 12.0. The minimum atomic E-state index is -0.236. The molecule has 104 valence electrons. The quantitative estimate of drug-likeness (QED) is 0.636. The van der Waals surface area contributed by atoms with Crippen LogP contribution in [-0.2, 0) is 14.3 Å². The van der Waals surface area contributed by atoms with Crippen molar-refractivity contribution in [2.45, 2.75) is 25.9 Å². The third kappa shape index (κ3) is 4.27. The Kier molecular flexibility index (Phi) is 5.55. The van der Waals surface area contributed by atoms with Gasteiger partial charge in [0.15, 0.2) is 0 Å². The first kappa shape index (κ1) is 14.9. The predicted molar refractivity (Wildman–Crippen MR) is 68.2 cm³/mol. The number of likely N-dealkylation sites (N-methyl/N-ethyl adjacent to an activating group) is 1. The van der Waals surface area contributed by atoms with Gasteiger partial charge >= 0.3 is 0 Å². The number of rotatable bonds is 7. The van der Waals surface area contributed by atoms with Crippen LogP contribution in [0.1, 0.15) is 20.3 Å². The highest BCUT2D eigenvalue weighted by molar-refractivity contribution is 5.85. The first-order valence-corrected chi connectivity index (χ1v) is 6.34. The Bertz CT molecular complexity index is 303. The largest absolute Gasteiger partial charge is 0.363 e. The molecule has 0 aromatic rings. The van der Waals surface area contributed by atoms with Gasteiger partial charge in [0.1, 0.15) is 6.61 Å². The SMILES string of the molecule is CCCN(CC(=O)NC)C(=O)COC1(C)CNC1. The Morgan fingerprint density at radius 2 is 2.11 bits per heavy atom. The van der Waals surface area contributed by atoms with E-state index in [1.54, 1.807) is 7.05 Å². The second kappa shape index (κ2) is 6.70. The van der Waals surface area contributed by atoms with Gasteiger partial charge in [0.25, 0.3) is 0 Å². The van der Waals surface area contributed by atoms with Crippen LogP contribution in [0, 0.1) is 0 Å². The molecule has 2 N–H and O–H groups in total. The molecule has 1 heterocycles. The average molecular weight is 257 g/mol. The van der Waals surface area contributed by atoms with Gasteiger partial charge in [-0.2, -0.15) is 0 Å². The molecule has 0 atom stereocenters. The van der Waals surface area contributed by atoms with Crippen molar-refractivity contribution in [3.05, 3.63) is 0 Å². The minimum Gasteiger partial charge on any atom is -0.363 e. The molecule has 0 bridgehead atoms. The van der Waals surface area contributed by atoms with Gasteiger partial charge in [0.05, 0.1) is 12.1 Å². The van der Waals surface area contributed by atoms with Crippen LogP contribution in [0.15, 0.2) is 0 Å². The van der Waals surface area contributed by atoms with Crippen LogP contribution in [0.4, 0.5) is 0 Å². The zero-order chi connectivity index (χ0) is 13.6. The molecule has 0 aromatic heterocycles. The van der Waals surface area contributed by atoms with Crippen LogP contribution < -0.4 is 10.6 Å². The van der Waals surface area contributed by atoms with E-state index in [4.69, 9.17) is 4.74 Å². The van der Waals surface area contributed by atoms with Crippen LogP contribution in [0.3, 0.4) is 0 Å². The molecule has 2 amide bonds. The Morgan fingerprint density at radius 1 is 1.44 bits per heavy atom. The van der Waals surface area contributed by atoms with Crippen LogP contribution in [0.5, 0.6) is 0 Å². The molecule has 1 fully saturated rings. The summed E-state index contributed by atoms with van der Waals surface area (Å²) >= 11 is 0. The summed E-state index contributed by atoms with van der Waals surface area (Å²) in [7, 11) is 1.56. The summed E-state index contributed by atoms with van der Waals surface area (Å²) in [4.78, 5) is 24.8. The molecule has 1 saturated heterocycles. The number of nitrogens with zero attached hydrogens (tertiary/aromatic N) is 1. The van der Waals surface area contributed by atoms with E-state index in [2.05, 4.69) is 10.6 Å². The van der Waals surface area contributed by atoms with Crippen molar-refractivity contribution >= 4 is 11.8 Å². The number of carbonyl (C=O) groups is 2. The molecule has 1 aliphatic rings. The van der Waals surface area contributed by atoms with Gasteiger partial charge in [-0.15, -0.1) is 0 Å². The lowest BCUT2D eigenvalue weighted by Crippen LogP contribution is -2.59. The van der Waals surface area contributed by atoms with Crippen molar-refractivity contribution in [1.82, 2.24) is 15.5 Å². The van der Waals surface area contributed by atoms with E-state index in [1.165, 1.54) is 4.90 Å². The molecule has 1 aliphatic heterocycles. The summed E-state index contributed by atoms with van der Waals surface area (Å²) in [6, 6.07) is 0. The topological polar surface area (TPSA) is 70.7 Å². The standard InChI is InChI=1S/C12H23N3O3/c1-4-5-15(6-10(16)13-3)11(17)7-18-12(2)8-14-9-12/h14H,4-9H2,1-3H3,(H,13,16). The van der Waals surface area contributed by atoms with Crippen LogP contribution >= 0.6 is 0 Å². The molecule has 0 unspecified atom stereocenters. The summed E-state index contributed by atoms with van der Waals surface area (Å²) in [5.41, 5.74) is -0.236. The van der Waals surface area contributed by atoms with Gasteiger partial charge in [-0.25, -0.2) is 0 Å². The van der Waals surface area contributed by atoms with Gasteiger partial charge in [-0.3, -0.25) is 9.59 Å². The third-order valence-corrected chi connectivity index (χ3v) is 3.00. The van der Waals surface area contributed by atoms with Crippen molar-refractivity contribution in [3.63, 3.8) is 0 Å². The zero-order valence-corrected chi connectivity index (χ0v) is 11.4. The van der Waals surface area contributed by atoms with E-state index in [0.29, 0.717) is 6.54 Å². The Hall–Kier alpha value is -1.14. The average Bonchev–Trinajstić information content (AvgIpc) is 2.32. The summed E-state index contributed by atoms with van der Waals surface area (Å²) in [5.74, 6) is -0.290. The van der Waals surface area contributed by atoms with Gasteiger partial charge in [0.2, 0.25) is 11.8 Å². The molecular formula is C12H23N3O3. The Morgan fingerprint density at radius 3 is 2.56 bits per heavy atom. The summed E-state index contributed by atoms with van der Waals surface area (Å²) in [6.45, 7) is 6.19. The van der Waals surface area contributed by atoms with Gasteiger partial charge < -0.3 is 20.3 Å². The minimum absolute atomic E-state index is 0.0369. The normalized spacial score (nSPS) is 16.8. The van der Waals surface area contributed by atoms with E-state index in [-0.39, 0.29) is 30.6 Å². The fourth-order valence-corrected chi connectivity index (χ4v) is 1.72. The molecule has 0 spiro atoms. The molecule has 0 saturated carbocycles. The number of amides is 2. The van der Waals surface area contributed by atoms with Crippen molar-refractivity contribution in [2.24, 2.45) is 0 Å². The summed E-state index contributed by atoms with van der Waals surface area (Å²) in [5, 5.41) is 5.63. The van der Waals surface area contributed by atoms with Crippen molar-refractivity contribution in [3.8, 4) is 0 Å². The molecule has 0 aliphatic carbocycles. The second-order valence-corrected chi connectivity index (χ2v) is 4.83. The van der Waals surface area contributed by atoms with E-state index in [0.717, 1.165) is 19.5 Å². The van der Waals surface area contributed by atoms with Crippen molar-refractivity contribution < 1.29 is 14.3 Å². The molecule has 6 heteroatoms. The Balaban J connectivity index is 2.40. The van der Waals surface area contributed by atoms with E-state index in [9.17, 15) is 9.59 Å². The Labute approximate surface area is 108 Å². The van der Waals surface area contributed by atoms with Gasteiger partial charge in [0, 0.05) is 26.7 Å². The fourth-order valence-electron chi connectivity index (χ4n) is 1.72. The number of nitrogens with one attached hydrogen (secondary N) is 2.